The van der Waals surface area contributed by atoms with Crippen molar-refractivity contribution in [2.75, 3.05) is 31.1 Å². The van der Waals surface area contributed by atoms with E-state index in [9.17, 15) is 4.79 Å². The van der Waals surface area contributed by atoms with Gasteiger partial charge in [-0.3, -0.25) is 0 Å². The molecule has 0 atom stereocenters. The molecule has 1 N–H and O–H groups in total. The fourth-order valence-electron chi connectivity index (χ4n) is 2.55. The normalized spacial score (nSPS) is 16.2. The summed E-state index contributed by atoms with van der Waals surface area (Å²) in [6.45, 7) is 9.14. The molecule has 1 aliphatic heterocycles. The second kappa shape index (κ2) is 7.91. The van der Waals surface area contributed by atoms with Gasteiger partial charge in [0.25, 0.3) is 0 Å². The van der Waals surface area contributed by atoms with E-state index in [4.69, 9.17) is 0 Å². The van der Waals surface area contributed by atoms with Crippen LogP contribution in [0.5, 0.6) is 0 Å². The molecule has 0 spiro atoms. The van der Waals surface area contributed by atoms with Crippen LogP contribution < -0.4 is 5.32 Å². The van der Waals surface area contributed by atoms with Gasteiger partial charge in [0.15, 0.2) is 0 Å². The Morgan fingerprint density at radius 1 is 1.18 bits per heavy atom. The summed E-state index contributed by atoms with van der Waals surface area (Å²) in [4.78, 5) is 14.1. The van der Waals surface area contributed by atoms with E-state index in [1.54, 1.807) is 0 Å². The minimum atomic E-state index is 0.0915. The Balaban J connectivity index is 1.77. The van der Waals surface area contributed by atoms with Crippen molar-refractivity contribution in [1.29, 1.82) is 0 Å². The molecule has 4 heteroatoms. The van der Waals surface area contributed by atoms with Crippen LogP contribution in [-0.2, 0) is 11.8 Å². The molecule has 0 unspecified atom stereocenters. The zero-order chi connectivity index (χ0) is 16.0. The fraction of sp³-hybridized carbons (Fsp3) is 0.611. The van der Waals surface area contributed by atoms with E-state index in [0.29, 0.717) is 6.54 Å². The number of amides is 2. The van der Waals surface area contributed by atoms with Crippen LogP contribution in [0.25, 0.3) is 0 Å². The Hall–Kier alpha value is -1.16. The maximum Gasteiger partial charge on any atom is 0.317 e. The SMILES string of the molecule is CC(C)(C)c1ccc(CCNC(=O)N2CCCSCC2)cc1. The summed E-state index contributed by atoms with van der Waals surface area (Å²) in [7, 11) is 0. The van der Waals surface area contributed by atoms with E-state index in [0.717, 1.165) is 31.7 Å². The Bertz CT molecular complexity index is 471. The summed E-state index contributed by atoms with van der Waals surface area (Å²) in [5, 5.41) is 3.05. The lowest BCUT2D eigenvalue weighted by atomic mass is 9.86. The summed E-state index contributed by atoms with van der Waals surface area (Å²) in [5.74, 6) is 2.23. The number of nitrogens with zero attached hydrogens (tertiary/aromatic N) is 1. The van der Waals surface area contributed by atoms with Gasteiger partial charge in [-0.2, -0.15) is 11.8 Å². The number of rotatable bonds is 3. The predicted octanol–water partition coefficient (Wildman–Crippen LogP) is 3.68. The van der Waals surface area contributed by atoms with E-state index in [1.165, 1.54) is 16.9 Å². The summed E-state index contributed by atoms with van der Waals surface area (Å²) >= 11 is 1.94. The monoisotopic (exact) mass is 320 g/mol. The number of hydrogen-bond donors (Lipinski definition) is 1. The maximum absolute atomic E-state index is 12.1. The Morgan fingerprint density at radius 2 is 1.91 bits per heavy atom. The van der Waals surface area contributed by atoms with Crippen molar-refractivity contribution in [3.63, 3.8) is 0 Å². The molecule has 2 rings (SSSR count). The average Bonchev–Trinajstić information content (AvgIpc) is 2.76. The van der Waals surface area contributed by atoms with Gasteiger partial charge in [0, 0.05) is 25.4 Å². The summed E-state index contributed by atoms with van der Waals surface area (Å²) < 4.78 is 0. The van der Waals surface area contributed by atoms with Gasteiger partial charge in [-0.1, -0.05) is 45.0 Å². The van der Waals surface area contributed by atoms with Gasteiger partial charge in [0.2, 0.25) is 0 Å². The van der Waals surface area contributed by atoms with Crippen LogP contribution in [0.2, 0.25) is 0 Å². The molecule has 1 fully saturated rings. The van der Waals surface area contributed by atoms with Crippen molar-refractivity contribution in [3.8, 4) is 0 Å². The average molecular weight is 321 g/mol. The minimum absolute atomic E-state index is 0.0915. The van der Waals surface area contributed by atoms with E-state index >= 15 is 0 Å². The molecule has 1 aromatic carbocycles. The highest BCUT2D eigenvalue weighted by atomic mass is 32.2. The first-order chi connectivity index (χ1) is 10.5. The van der Waals surface area contributed by atoms with Gasteiger partial charge in [0.1, 0.15) is 0 Å². The summed E-state index contributed by atoms with van der Waals surface area (Å²) in [5.41, 5.74) is 2.82. The highest BCUT2D eigenvalue weighted by Crippen LogP contribution is 2.22. The molecule has 2 amide bonds. The van der Waals surface area contributed by atoms with Crippen molar-refractivity contribution in [2.24, 2.45) is 0 Å². The molecule has 1 saturated heterocycles. The molecular weight excluding hydrogens is 292 g/mol. The van der Waals surface area contributed by atoms with E-state index < -0.39 is 0 Å². The molecule has 0 saturated carbocycles. The van der Waals surface area contributed by atoms with Crippen LogP contribution in [-0.4, -0.2) is 42.1 Å². The molecule has 0 aliphatic carbocycles. The molecule has 0 aromatic heterocycles. The third-order valence-corrected chi connectivity index (χ3v) is 5.07. The maximum atomic E-state index is 12.1. The molecule has 0 bridgehead atoms. The first-order valence-electron chi connectivity index (χ1n) is 8.17. The Morgan fingerprint density at radius 3 is 2.59 bits per heavy atom. The fourth-order valence-corrected chi connectivity index (χ4v) is 3.43. The van der Waals surface area contributed by atoms with E-state index in [-0.39, 0.29) is 11.4 Å². The van der Waals surface area contributed by atoms with Gasteiger partial charge in [-0.15, -0.1) is 0 Å². The second-order valence-electron chi connectivity index (χ2n) is 6.88. The van der Waals surface area contributed by atoms with Gasteiger partial charge >= 0.3 is 6.03 Å². The zero-order valence-electron chi connectivity index (χ0n) is 14.0. The number of nitrogens with one attached hydrogen (secondary N) is 1. The highest BCUT2D eigenvalue weighted by Gasteiger charge is 2.15. The lowest BCUT2D eigenvalue weighted by molar-refractivity contribution is 0.202. The van der Waals surface area contributed by atoms with Crippen LogP contribution in [0.4, 0.5) is 4.79 Å². The van der Waals surface area contributed by atoms with Crippen molar-refractivity contribution in [2.45, 2.75) is 39.0 Å². The quantitative estimate of drug-likeness (QED) is 0.921. The van der Waals surface area contributed by atoms with Crippen molar-refractivity contribution in [1.82, 2.24) is 10.2 Å². The van der Waals surface area contributed by atoms with Crippen molar-refractivity contribution < 1.29 is 4.79 Å². The second-order valence-corrected chi connectivity index (χ2v) is 8.11. The van der Waals surface area contributed by atoms with Crippen LogP contribution >= 0.6 is 11.8 Å². The first-order valence-corrected chi connectivity index (χ1v) is 9.32. The molecule has 0 radical (unpaired) electrons. The largest absolute Gasteiger partial charge is 0.338 e. The van der Waals surface area contributed by atoms with Crippen LogP contribution in [0, 0.1) is 0 Å². The van der Waals surface area contributed by atoms with Crippen LogP contribution in [0.3, 0.4) is 0 Å². The zero-order valence-corrected chi connectivity index (χ0v) is 14.8. The molecule has 1 aliphatic rings. The number of benzene rings is 1. The van der Waals surface area contributed by atoms with Crippen molar-refractivity contribution in [3.05, 3.63) is 35.4 Å². The number of hydrogen-bond acceptors (Lipinski definition) is 2. The highest BCUT2D eigenvalue weighted by molar-refractivity contribution is 7.99. The van der Waals surface area contributed by atoms with Gasteiger partial charge in [0.05, 0.1) is 0 Å². The number of thioether (sulfide) groups is 1. The van der Waals surface area contributed by atoms with Crippen molar-refractivity contribution >= 4 is 17.8 Å². The molecule has 3 nitrogen and oxygen atoms in total. The first kappa shape index (κ1) is 17.2. The third-order valence-electron chi connectivity index (χ3n) is 4.02. The van der Waals surface area contributed by atoms with Gasteiger partial charge in [-0.25, -0.2) is 4.79 Å². The third kappa shape index (κ3) is 5.24. The number of urea groups is 1. The smallest absolute Gasteiger partial charge is 0.317 e. The van der Waals surface area contributed by atoms with Gasteiger partial charge < -0.3 is 10.2 Å². The Kier molecular flexibility index (Phi) is 6.18. The molecule has 122 valence electrons. The minimum Gasteiger partial charge on any atom is -0.338 e. The number of carbonyl (C=O) groups is 1. The lowest BCUT2D eigenvalue weighted by Gasteiger charge is -2.21. The molecule has 1 heterocycles. The van der Waals surface area contributed by atoms with E-state index in [2.05, 4.69) is 50.4 Å². The summed E-state index contributed by atoms with van der Waals surface area (Å²) in [6.07, 6.45) is 1.99. The predicted molar refractivity (Wildman–Crippen MR) is 95.8 cm³/mol. The number of carbonyl (C=O) groups excluding carboxylic acids is 1. The van der Waals surface area contributed by atoms with Crippen LogP contribution in [0.1, 0.15) is 38.3 Å². The van der Waals surface area contributed by atoms with Crippen LogP contribution in [0.15, 0.2) is 24.3 Å². The van der Waals surface area contributed by atoms with E-state index in [1.807, 2.05) is 16.7 Å². The topological polar surface area (TPSA) is 32.3 Å². The lowest BCUT2D eigenvalue weighted by Crippen LogP contribution is -2.41. The molecule has 1 aromatic rings. The van der Waals surface area contributed by atoms with Gasteiger partial charge in [-0.05, 0) is 35.1 Å². The summed E-state index contributed by atoms with van der Waals surface area (Å²) in [6, 6.07) is 8.84. The Labute approximate surface area is 138 Å². The molecular formula is C18H28N2OS. The standard InChI is InChI=1S/C18H28N2OS/c1-18(2,3)16-7-5-15(6-8-16)9-10-19-17(21)20-11-4-13-22-14-12-20/h5-8H,4,9-14H2,1-3H3,(H,19,21). The molecule has 22 heavy (non-hydrogen) atoms.